The van der Waals surface area contributed by atoms with Crippen molar-refractivity contribution < 1.29 is 32.3 Å². The van der Waals surface area contributed by atoms with E-state index in [0.29, 0.717) is 42.8 Å². The Morgan fingerprint density at radius 3 is 2.26 bits per heavy atom. The number of carbonyl (C=O) groups excluding carboxylic acids is 2. The van der Waals surface area contributed by atoms with Crippen LogP contribution in [-0.2, 0) is 15.8 Å². The molecule has 0 saturated carbocycles. The number of rotatable bonds is 6. The first-order chi connectivity index (χ1) is 19.7. The second kappa shape index (κ2) is 12.2. The minimum Gasteiger partial charge on any atom is -0.439 e. The summed E-state index contributed by atoms with van der Waals surface area (Å²) in [6.45, 7) is 10.4. The third-order valence-electron chi connectivity index (χ3n) is 6.47. The van der Waals surface area contributed by atoms with Gasteiger partial charge in [-0.25, -0.2) is 19.6 Å². The first-order valence-electron chi connectivity index (χ1n) is 13.3. The average molecular weight is 587 g/mol. The third-order valence-corrected chi connectivity index (χ3v) is 6.47. The van der Waals surface area contributed by atoms with Crippen LogP contribution in [0, 0.1) is 12.3 Å². The summed E-state index contributed by atoms with van der Waals surface area (Å²) in [4.78, 5) is 40.8. The van der Waals surface area contributed by atoms with Gasteiger partial charge in [0.25, 0.3) is 0 Å². The maximum absolute atomic E-state index is 13.2. The molecule has 2 amide bonds. The SMILES string of the molecule is Cc1ccc(NC(=O)Nc2ccc(Oc3cc(N4CCN(OC(=O)C(C)(C)C)C[C@@H]4C)ncn3)cc2)cc1C(F)(F)F. The van der Waals surface area contributed by atoms with E-state index in [2.05, 4.69) is 25.5 Å². The fraction of sp³-hybridized carbons (Fsp3) is 0.379. The topological polar surface area (TPSA) is 109 Å². The van der Waals surface area contributed by atoms with Crippen molar-refractivity contribution in [3.8, 4) is 11.6 Å². The Hall–Kier alpha value is -4.39. The van der Waals surface area contributed by atoms with E-state index in [-0.39, 0.29) is 23.3 Å². The predicted octanol–water partition coefficient (Wildman–Crippen LogP) is 6.25. The minimum absolute atomic E-state index is 0.00531. The quantitative estimate of drug-likeness (QED) is 0.349. The van der Waals surface area contributed by atoms with Crippen molar-refractivity contribution in [3.63, 3.8) is 0 Å². The normalized spacial score (nSPS) is 16.1. The molecular formula is C29H33F3N6O4. The fourth-order valence-corrected chi connectivity index (χ4v) is 4.17. The highest BCUT2D eigenvalue weighted by atomic mass is 19.4. The number of anilines is 3. The molecule has 2 N–H and O–H groups in total. The van der Waals surface area contributed by atoms with Crippen molar-refractivity contribution in [2.75, 3.05) is 35.2 Å². The number of amides is 2. The number of hydroxylamine groups is 2. The molecule has 1 atom stereocenters. The van der Waals surface area contributed by atoms with E-state index < -0.39 is 23.2 Å². The van der Waals surface area contributed by atoms with Gasteiger partial charge < -0.3 is 25.1 Å². The summed E-state index contributed by atoms with van der Waals surface area (Å²) in [5.74, 6) is 1.14. The van der Waals surface area contributed by atoms with Gasteiger partial charge in [0, 0.05) is 30.0 Å². The number of nitrogens with zero attached hydrogens (tertiary/aromatic N) is 4. The number of benzene rings is 2. The summed E-state index contributed by atoms with van der Waals surface area (Å²) in [5.41, 5.74) is -0.911. The molecule has 0 unspecified atom stereocenters. The second-order valence-corrected chi connectivity index (χ2v) is 11.0. The Labute approximate surface area is 241 Å². The number of ether oxygens (including phenoxy) is 1. The lowest BCUT2D eigenvalue weighted by Gasteiger charge is -2.39. The molecule has 2 aromatic carbocycles. The molecule has 0 bridgehead atoms. The van der Waals surface area contributed by atoms with Gasteiger partial charge in [-0.05, 0) is 76.6 Å². The Balaban J connectivity index is 1.33. The van der Waals surface area contributed by atoms with Crippen LogP contribution in [0.1, 0.15) is 38.8 Å². The molecule has 3 aromatic rings. The molecule has 42 heavy (non-hydrogen) atoms. The van der Waals surface area contributed by atoms with Crippen molar-refractivity contribution in [3.05, 3.63) is 66.0 Å². The molecule has 0 aliphatic carbocycles. The molecule has 1 saturated heterocycles. The van der Waals surface area contributed by atoms with Gasteiger partial charge >= 0.3 is 18.2 Å². The lowest BCUT2D eigenvalue weighted by Crippen LogP contribution is -2.53. The van der Waals surface area contributed by atoms with Crippen molar-refractivity contribution in [1.29, 1.82) is 0 Å². The molecule has 224 valence electrons. The molecule has 1 aliphatic heterocycles. The van der Waals surface area contributed by atoms with Crippen LogP contribution < -0.4 is 20.3 Å². The summed E-state index contributed by atoms with van der Waals surface area (Å²) in [7, 11) is 0. The van der Waals surface area contributed by atoms with Gasteiger partial charge in [-0.15, -0.1) is 5.06 Å². The van der Waals surface area contributed by atoms with Crippen LogP contribution in [0.4, 0.5) is 35.2 Å². The number of alkyl halides is 3. The van der Waals surface area contributed by atoms with E-state index in [0.717, 1.165) is 6.07 Å². The highest BCUT2D eigenvalue weighted by molar-refractivity contribution is 5.99. The number of nitrogens with one attached hydrogen (secondary N) is 2. The summed E-state index contributed by atoms with van der Waals surface area (Å²) < 4.78 is 45.4. The van der Waals surface area contributed by atoms with E-state index in [1.165, 1.54) is 25.4 Å². The summed E-state index contributed by atoms with van der Waals surface area (Å²) in [6, 6.07) is 11.0. The zero-order chi connectivity index (χ0) is 30.7. The van der Waals surface area contributed by atoms with Gasteiger partial charge in [0.1, 0.15) is 17.9 Å². The van der Waals surface area contributed by atoms with Crippen LogP contribution in [0.2, 0.25) is 0 Å². The molecular weight excluding hydrogens is 553 g/mol. The van der Waals surface area contributed by atoms with Gasteiger partial charge in [-0.1, -0.05) is 6.07 Å². The lowest BCUT2D eigenvalue weighted by molar-refractivity contribution is -0.203. The zero-order valence-corrected chi connectivity index (χ0v) is 24.0. The molecule has 1 aliphatic rings. The van der Waals surface area contributed by atoms with Crippen molar-refractivity contribution in [2.45, 2.75) is 46.8 Å². The largest absolute Gasteiger partial charge is 0.439 e. The van der Waals surface area contributed by atoms with Gasteiger partial charge in [0.2, 0.25) is 5.88 Å². The zero-order valence-electron chi connectivity index (χ0n) is 24.0. The predicted molar refractivity (Wildman–Crippen MR) is 151 cm³/mol. The summed E-state index contributed by atoms with van der Waals surface area (Å²) in [6.07, 6.45) is -3.12. The molecule has 0 spiro atoms. The number of urea groups is 1. The first kappa shape index (κ1) is 30.6. The molecule has 0 radical (unpaired) electrons. The smallest absolute Gasteiger partial charge is 0.416 e. The van der Waals surface area contributed by atoms with Crippen LogP contribution in [0.15, 0.2) is 54.9 Å². The van der Waals surface area contributed by atoms with Crippen LogP contribution >= 0.6 is 0 Å². The van der Waals surface area contributed by atoms with E-state index in [4.69, 9.17) is 9.57 Å². The Kier molecular flexibility index (Phi) is 8.90. The maximum atomic E-state index is 13.2. The maximum Gasteiger partial charge on any atom is 0.416 e. The second-order valence-electron chi connectivity index (χ2n) is 11.0. The lowest BCUT2D eigenvalue weighted by atomic mass is 9.98. The molecule has 2 heterocycles. The van der Waals surface area contributed by atoms with Crippen molar-refractivity contribution in [2.24, 2.45) is 5.41 Å². The molecule has 1 fully saturated rings. The van der Waals surface area contributed by atoms with Crippen LogP contribution in [0.5, 0.6) is 11.6 Å². The summed E-state index contributed by atoms with van der Waals surface area (Å²) in [5, 5.41) is 6.66. The highest BCUT2D eigenvalue weighted by Gasteiger charge is 2.33. The van der Waals surface area contributed by atoms with Gasteiger partial charge in [-0.2, -0.15) is 13.2 Å². The van der Waals surface area contributed by atoms with E-state index in [1.807, 2.05) is 27.7 Å². The van der Waals surface area contributed by atoms with Crippen molar-refractivity contribution >= 4 is 29.2 Å². The first-order valence-corrected chi connectivity index (χ1v) is 13.3. The molecule has 4 rings (SSSR count). The van der Waals surface area contributed by atoms with Crippen LogP contribution in [0.3, 0.4) is 0 Å². The minimum atomic E-state index is -4.52. The highest BCUT2D eigenvalue weighted by Crippen LogP contribution is 2.33. The van der Waals surface area contributed by atoms with E-state index in [1.54, 1.807) is 35.4 Å². The Morgan fingerprint density at radius 1 is 0.952 bits per heavy atom. The number of hydrogen-bond donors (Lipinski definition) is 2. The van der Waals surface area contributed by atoms with Gasteiger partial charge in [-0.3, -0.25) is 0 Å². The van der Waals surface area contributed by atoms with Crippen LogP contribution in [-0.4, -0.2) is 52.7 Å². The Morgan fingerprint density at radius 2 is 1.62 bits per heavy atom. The third kappa shape index (κ3) is 7.87. The number of aromatic nitrogens is 2. The van der Waals surface area contributed by atoms with Crippen LogP contribution in [0.25, 0.3) is 0 Å². The molecule has 1 aromatic heterocycles. The Bertz CT molecular complexity index is 1430. The standard InChI is InChI=1S/C29H33F3N6O4/c1-18-6-7-21(14-23(18)29(30,31)32)36-27(40)35-20-8-10-22(11-9-20)41-25-15-24(33-17-34-25)38-13-12-37(16-19(38)2)42-26(39)28(3,4)5/h6-11,14-15,17,19H,12-13,16H2,1-5H3,(H2,35,36,40)/t19-/m0/s1. The summed E-state index contributed by atoms with van der Waals surface area (Å²) >= 11 is 0. The number of aryl methyl sites for hydroxylation is 1. The number of hydrogen-bond acceptors (Lipinski definition) is 8. The van der Waals surface area contributed by atoms with E-state index in [9.17, 15) is 22.8 Å². The van der Waals surface area contributed by atoms with Crippen molar-refractivity contribution in [1.82, 2.24) is 15.0 Å². The average Bonchev–Trinajstić information content (AvgIpc) is 2.90. The van der Waals surface area contributed by atoms with Gasteiger partial charge in [0.15, 0.2) is 0 Å². The fourth-order valence-electron chi connectivity index (χ4n) is 4.17. The van der Waals surface area contributed by atoms with Gasteiger partial charge in [0.05, 0.1) is 24.1 Å². The monoisotopic (exact) mass is 586 g/mol. The molecule has 13 heteroatoms. The number of piperazine rings is 1. The number of halogens is 3. The van der Waals surface area contributed by atoms with E-state index >= 15 is 0 Å². The number of carbonyl (C=O) groups is 2. The molecule has 10 nitrogen and oxygen atoms in total.